The van der Waals surface area contributed by atoms with Crippen molar-refractivity contribution in [3.63, 3.8) is 0 Å². The molecular formula is C24H18N4. The fourth-order valence-corrected chi connectivity index (χ4v) is 3.55. The SMILES string of the molecule is Cc1[nH]ncc1-c1nccc2nc(-c3ccccc3)c(-c3ccccc3)cc12. The Bertz CT molecular complexity index is 1260. The summed E-state index contributed by atoms with van der Waals surface area (Å²) in [5.74, 6) is 0. The van der Waals surface area contributed by atoms with E-state index in [0.717, 1.165) is 50.2 Å². The Morgan fingerprint density at radius 1 is 0.750 bits per heavy atom. The first-order valence-electron chi connectivity index (χ1n) is 9.22. The Morgan fingerprint density at radius 2 is 1.46 bits per heavy atom. The summed E-state index contributed by atoms with van der Waals surface area (Å²) in [4.78, 5) is 9.70. The van der Waals surface area contributed by atoms with Crippen molar-refractivity contribution in [1.29, 1.82) is 0 Å². The van der Waals surface area contributed by atoms with Crippen molar-refractivity contribution in [1.82, 2.24) is 20.2 Å². The van der Waals surface area contributed by atoms with Gasteiger partial charge in [0.2, 0.25) is 0 Å². The maximum atomic E-state index is 5.05. The highest BCUT2D eigenvalue weighted by molar-refractivity contribution is 5.98. The topological polar surface area (TPSA) is 54.5 Å². The molecule has 0 unspecified atom stereocenters. The Hall–Kier alpha value is -3.79. The quantitative estimate of drug-likeness (QED) is 0.450. The zero-order chi connectivity index (χ0) is 18.9. The van der Waals surface area contributed by atoms with Crippen molar-refractivity contribution in [2.75, 3.05) is 0 Å². The van der Waals surface area contributed by atoms with E-state index in [4.69, 9.17) is 4.98 Å². The predicted octanol–water partition coefficient (Wildman–Crippen LogP) is 5.66. The van der Waals surface area contributed by atoms with Crippen LogP contribution in [0.5, 0.6) is 0 Å². The second kappa shape index (κ2) is 6.74. The highest BCUT2D eigenvalue weighted by Crippen LogP contribution is 2.36. The zero-order valence-electron chi connectivity index (χ0n) is 15.4. The lowest BCUT2D eigenvalue weighted by molar-refractivity contribution is 1.05. The Kier molecular flexibility index (Phi) is 3.95. The van der Waals surface area contributed by atoms with Gasteiger partial charge in [-0.3, -0.25) is 10.1 Å². The van der Waals surface area contributed by atoms with Crippen LogP contribution in [0.3, 0.4) is 0 Å². The molecule has 4 heteroatoms. The van der Waals surface area contributed by atoms with E-state index in [9.17, 15) is 0 Å². The maximum absolute atomic E-state index is 5.05. The second-order valence-corrected chi connectivity index (χ2v) is 6.75. The van der Waals surface area contributed by atoms with Crippen molar-refractivity contribution in [3.8, 4) is 33.6 Å². The molecular weight excluding hydrogens is 344 g/mol. The third-order valence-electron chi connectivity index (χ3n) is 4.96. The van der Waals surface area contributed by atoms with Crippen LogP contribution in [-0.2, 0) is 0 Å². The summed E-state index contributed by atoms with van der Waals surface area (Å²) in [6.07, 6.45) is 3.64. The van der Waals surface area contributed by atoms with E-state index in [0.29, 0.717) is 0 Å². The molecule has 0 radical (unpaired) electrons. The lowest BCUT2D eigenvalue weighted by atomic mass is 9.96. The van der Waals surface area contributed by atoms with Crippen molar-refractivity contribution >= 4 is 10.9 Å². The van der Waals surface area contributed by atoms with E-state index in [1.165, 1.54) is 0 Å². The summed E-state index contributed by atoms with van der Waals surface area (Å²) >= 11 is 0. The van der Waals surface area contributed by atoms with Gasteiger partial charge < -0.3 is 0 Å². The van der Waals surface area contributed by atoms with E-state index in [-0.39, 0.29) is 0 Å². The van der Waals surface area contributed by atoms with Crippen molar-refractivity contribution in [3.05, 3.63) is 90.9 Å². The first-order valence-corrected chi connectivity index (χ1v) is 9.22. The van der Waals surface area contributed by atoms with E-state index in [1.807, 2.05) is 49.6 Å². The summed E-state index contributed by atoms with van der Waals surface area (Å²) in [5, 5.41) is 8.19. The summed E-state index contributed by atoms with van der Waals surface area (Å²) < 4.78 is 0. The van der Waals surface area contributed by atoms with Crippen LogP contribution in [0.2, 0.25) is 0 Å². The van der Waals surface area contributed by atoms with E-state index in [1.54, 1.807) is 0 Å². The highest BCUT2D eigenvalue weighted by atomic mass is 15.1. The van der Waals surface area contributed by atoms with Gasteiger partial charge in [-0.15, -0.1) is 0 Å². The molecule has 0 fully saturated rings. The number of hydrogen-bond acceptors (Lipinski definition) is 3. The molecule has 0 bridgehead atoms. The van der Waals surface area contributed by atoms with E-state index in [2.05, 4.69) is 57.6 Å². The molecule has 0 atom stereocenters. The second-order valence-electron chi connectivity index (χ2n) is 6.75. The molecule has 0 saturated heterocycles. The standard InChI is InChI=1S/C24H18N4/c1-16-21(15-26-28-16)24-20-14-19(17-8-4-2-5-9-17)23(18-10-6-3-7-11-18)27-22(20)12-13-25-24/h2-15H,1H3,(H,26,28). The van der Waals surface area contributed by atoms with Gasteiger partial charge in [0.15, 0.2) is 0 Å². The van der Waals surface area contributed by atoms with Crippen LogP contribution in [0.1, 0.15) is 5.69 Å². The Labute approximate surface area is 162 Å². The van der Waals surface area contributed by atoms with E-state index < -0.39 is 0 Å². The molecule has 0 aliphatic carbocycles. The molecule has 5 rings (SSSR count). The van der Waals surface area contributed by atoms with Gasteiger partial charge >= 0.3 is 0 Å². The fraction of sp³-hybridized carbons (Fsp3) is 0.0417. The minimum Gasteiger partial charge on any atom is -0.282 e. The minimum atomic E-state index is 0.896. The highest BCUT2D eigenvalue weighted by Gasteiger charge is 2.15. The molecule has 1 N–H and O–H groups in total. The Morgan fingerprint density at radius 3 is 2.14 bits per heavy atom. The average Bonchev–Trinajstić information content (AvgIpc) is 3.19. The van der Waals surface area contributed by atoms with Gasteiger partial charge in [0, 0.05) is 34.0 Å². The van der Waals surface area contributed by atoms with Crippen LogP contribution in [0.4, 0.5) is 0 Å². The van der Waals surface area contributed by atoms with Gasteiger partial charge in [0.25, 0.3) is 0 Å². The molecule has 28 heavy (non-hydrogen) atoms. The summed E-state index contributed by atoms with van der Waals surface area (Å²) in [5.41, 5.74) is 8.11. The van der Waals surface area contributed by atoms with Gasteiger partial charge in [0.05, 0.1) is 23.1 Å². The molecule has 0 spiro atoms. The summed E-state index contributed by atoms with van der Waals surface area (Å²) in [7, 11) is 0. The first kappa shape index (κ1) is 16.4. The number of pyridine rings is 2. The number of benzene rings is 2. The van der Waals surface area contributed by atoms with Gasteiger partial charge in [-0.1, -0.05) is 60.7 Å². The number of aromatic nitrogens is 4. The molecule has 0 saturated carbocycles. The number of nitrogens with one attached hydrogen (secondary N) is 1. The van der Waals surface area contributed by atoms with Crippen LogP contribution >= 0.6 is 0 Å². The van der Waals surface area contributed by atoms with E-state index >= 15 is 0 Å². The Balaban J connectivity index is 1.85. The smallest absolute Gasteiger partial charge is 0.0830 e. The molecule has 3 aromatic heterocycles. The molecule has 5 aromatic rings. The molecule has 3 heterocycles. The molecule has 0 amide bonds. The third-order valence-corrected chi connectivity index (χ3v) is 4.96. The fourth-order valence-electron chi connectivity index (χ4n) is 3.55. The predicted molar refractivity (Wildman–Crippen MR) is 113 cm³/mol. The van der Waals surface area contributed by atoms with Crippen molar-refractivity contribution < 1.29 is 0 Å². The number of aromatic amines is 1. The van der Waals surface area contributed by atoms with Crippen LogP contribution in [0, 0.1) is 6.92 Å². The third kappa shape index (κ3) is 2.76. The normalized spacial score (nSPS) is 11.0. The van der Waals surface area contributed by atoms with Crippen LogP contribution in [0.25, 0.3) is 44.5 Å². The average molecular weight is 362 g/mol. The van der Waals surface area contributed by atoms with Crippen molar-refractivity contribution in [2.45, 2.75) is 6.92 Å². The number of hydrogen-bond donors (Lipinski definition) is 1. The number of aryl methyl sites for hydroxylation is 1. The summed E-state index contributed by atoms with van der Waals surface area (Å²) in [6, 6.07) is 24.9. The number of nitrogens with zero attached hydrogens (tertiary/aromatic N) is 3. The first-order chi connectivity index (χ1) is 13.8. The van der Waals surface area contributed by atoms with Gasteiger partial charge in [0.1, 0.15) is 0 Å². The van der Waals surface area contributed by atoms with Crippen LogP contribution in [0.15, 0.2) is 85.2 Å². The minimum absolute atomic E-state index is 0.896. The molecule has 2 aromatic carbocycles. The van der Waals surface area contributed by atoms with Crippen LogP contribution in [-0.4, -0.2) is 20.2 Å². The van der Waals surface area contributed by atoms with Gasteiger partial charge in [-0.2, -0.15) is 5.10 Å². The number of fused-ring (bicyclic) bond motifs is 1. The zero-order valence-corrected chi connectivity index (χ0v) is 15.4. The summed E-state index contributed by atoms with van der Waals surface area (Å²) in [6.45, 7) is 2.01. The maximum Gasteiger partial charge on any atom is 0.0830 e. The van der Waals surface area contributed by atoms with Crippen LogP contribution < -0.4 is 0 Å². The number of rotatable bonds is 3. The van der Waals surface area contributed by atoms with Gasteiger partial charge in [-0.25, -0.2) is 4.98 Å². The molecule has 0 aliphatic rings. The largest absolute Gasteiger partial charge is 0.282 e. The molecule has 134 valence electrons. The molecule has 4 nitrogen and oxygen atoms in total. The lowest BCUT2D eigenvalue weighted by Crippen LogP contribution is -1.94. The van der Waals surface area contributed by atoms with Crippen molar-refractivity contribution in [2.24, 2.45) is 0 Å². The number of H-pyrrole nitrogens is 1. The monoisotopic (exact) mass is 362 g/mol. The lowest BCUT2D eigenvalue weighted by Gasteiger charge is -2.13. The molecule has 0 aliphatic heterocycles. The van der Waals surface area contributed by atoms with Gasteiger partial charge in [-0.05, 0) is 24.6 Å².